The predicted octanol–water partition coefficient (Wildman–Crippen LogP) is 3.99. The summed E-state index contributed by atoms with van der Waals surface area (Å²) in [6.07, 6.45) is 0.466. The molecular weight excluding hydrogens is 295 g/mol. The second kappa shape index (κ2) is 9.81. The maximum absolute atomic E-state index is 11.8. The zero-order chi connectivity index (χ0) is 14.3. The summed E-state index contributed by atoms with van der Waals surface area (Å²) in [4.78, 5) is 14.0. The smallest absolute Gasteiger partial charge is 0.225 e. The van der Waals surface area contributed by atoms with Crippen LogP contribution >= 0.6 is 24.0 Å². The Morgan fingerprint density at radius 3 is 2.70 bits per heavy atom. The van der Waals surface area contributed by atoms with E-state index in [-0.39, 0.29) is 18.3 Å². The van der Waals surface area contributed by atoms with Gasteiger partial charge in [-0.25, -0.2) is 0 Å². The van der Waals surface area contributed by atoms with Gasteiger partial charge in [-0.3, -0.25) is 9.69 Å². The third-order valence-electron chi connectivity index (χ3n) is 2.70. The number of hydrogen-bond donors (Lipinski definition) is 1. The maximum Gasteiger partial charge on any atom is 0.225 e. The van der Waals surface area contributed by atoms with Crippen LogP contribution in [0.1, 0.15) is 20.3 Å². The van der Waals surface area contributed by atoms with Crippen molar-refractivity contribution in [2.45, 2.75) is 20.3 Å². The Morgan fingerprint density at radius 2 is 2.15 bits per heavy atom. The highest BCUT2D eigenvalue weighted by Crippen LogP contribution is 2.15. The van der Waals surface area contributed by atoms with Crippen molar-refractivity contribution in [2.24, 2.45) is 0 Å². The van der Waals surface area contributed by atoms with Crippen LogP contribution in [-0.4, -0.2) is 30.4 Å². The number of likely N-dealkylation sites (N-methyl/N-ethyl adjacent to an activating group) is 1. The minimum atomic E-state index is 0. The van der Waals surface area contributed by atoms with Gasteiger partial charge in [0, 0.05) is 30.2 Å². The Bertz CT molecular complexity index is 449. The maximum atomic E-state index is 11.8. The van der Waals surface area contributed by atoms with Gasteiger partial charge in [0.2, 0.25) is 5.91 Å². The predicted molar refractivity (Wildman–Crippen MR) is 88.9 cm³/mol. The number of benzene rings is 1. The van der Waals surface area contributed by atoms with Gasteiger partial charge in [-0.15, -0.1) is 12.4 Å². The summed E-state index contributed by atoms with van der Waals surface area (Å²) in [7, 11) is 0. The lowest BCUT2D eigenvalue weighted by atomic mass is 10.2. The Labute approximate surface area is 132 Å². The summed E-state index contributed by atoms with van der Waals surface area (Å²) in [5.41, 5.74) is 1.84. The summed E-state index contributed by atoms with van der Waals surface area (Å²) in [5.74, 6) is 0.00225. The average Bonchev–Trinajstić information content (AvgIpc) is 2.34. The van der Waals surface area contributed by atoms with E-state index >= 15 is 0 Å². The molecule has 1 aromatic carbocycles. The van der Waals surface area contributed by atoms with Crippen molar-refractivity contribution < 1.29 is 4.79 Å². The largest absolute Gasteiger partial charge is 0.326 e. The van der Waals surface area contributed by atoms with Gasteiger partial charge in [0.05, 0.1) is 0 Å². The van der Waals surface area contributed by atoms with E-state index in [2.05, 4.69) is 23.7 Å². The van der Waals surface area contributed by atoms with Gasteiger partial charge < -0.3 is 5.32 Å². The first-order valence-corrected chi connectivity index (χ1v) is 6.81. The Kier molecular flexibility index (Phi) is 9.30. The van der Waals surface area contributed by atoms with Gasteiger partial charge in [0.25, 0.3) is 0 Å². The van der Waals surface area contributed by atoms with E-state index < -0.39 is 0 Å². The zero-order valence-electron chi connectivity index (χ0n) is 12.0. The summed E-state index contributed by atoms with van der Waals surface area (Å²) in [5, 5.41) is 3.46. The number of nitrogens with one attached hydrogen (secondary N) is 1. The molecule has 0 aliphatic carbocycles. The quantitative estimate of drug-likeness (QED) is 0.771. The number of carbonyl (C=O) groups excluding carboxylic acids is 1. The fraction of sp³-hybridized carbons (Fsp3) is 0.400. The first-order valence-electron chi connectivity index (χ1n) is 6.43. The van der Waals surface area contributed by atoms with E-state index in [1.54, 1.807) is 12.1 Å². The van der Waals surface area contributed by atoms with E-state index in [1.807, 2.05) is 19.1 Å². The van der Waals surface area contributed by atoms with Gasteiger partial charge in [-0.1, -0.05) is 36.7 Å². The molecule has 3 nitrogen and oxygen atoms in total. The molecule has 1 aromatic rings. The number of rotatable bonds is 7. The molecular formula is C15H22Cl2N2O. The summed E-state index contributed by atoms with van der Waals surface area (Å²) in [6, 6.07) is 7.17. The standard InChI is InChI=1S/C15H21ClN2O.ClH/c1-4-18(11-12(2)3)9-8-15(19)17-14-7-5-6-13(16)10-14;/h5-7,10H,2,4,8-9,11H2,1,3H3,(H,17,19);1H. The highest BCUT2D eigenvalue weighted by molar-refractivity contribution is 6.30. The molecule has 0 bridgehead atoms. The molecule has 1 N–H and O–H groups in total. The topological polar surface area (TPSA) is 32.3 Å². The van der Waals surface area contributed by atoms with Crippen LogP contribution in [0.15, 0.2) is 36.4 Å². The lowest BCUT2D eigenvalue weighted by Crippen LogP contribution is -2.29. The molecule has 0 aromatic heterocycles. The van der Waals surface area contributed by atoms with Crippen LogP contribution in [0.5, 0.6) is 0 Å². The third-order valence-corrected chi connectivity index (χ3v) is 2.94. The molecule has 0 unspecified atom stereocenters. The lowest BCUT2D eigenvalue weighted by Gasteiger charge is -2.19. The van der Waals surface area contributed by atoms with Crippen molar-refractivity contribution in [2.75, 3.05) is 25.0 Å². The first kappa shape index (κ1) is 19.0. The SMILES string of the molecule is C=C(C)CN(CC)CCC(=O)Nc1cccc(Cl)c1.Cl. The van der Waals surface area contributed by atoms with Crippen LogP contribution in [0.4, 0.5) is 5.69 Å². The summed E-state index contributed by atoms with van der Waals surface area (Å²) < 4.78 is 0. The van der Waals surface area contributed by atoms with Crippen LogP contribution in [0, 0.1) is 0 Å². The molecule has 20 heavy (non-hydrogen) atoms. The molecule has 1 amide bonds. The fourth-order valence-electron chi connectivity index (χ4n) is 1.78. The minimum Gasteiger partial charge on any atom is -0.326 e. The van der Waals surface area contributed by atoms with Crippen LogP contribution in [0.2, 0.25) is 5.02 Å². The third kappa shape index (κ3) is 7.53. The van der Waals surface area contributed by atoms with E-state index in [4.69, 9.17) is 11.6 Å². The minimum absolute atomic E-state index is 0. The van der Waals surface area contributed by atoms with Crippen LogP contribution in [0.25, 0.3) is 0 Å². The Hall–Kier alpha value is -1.03. The van der Waals surface area contributed by atoms with Gasteiger partial charge in [0.15, 0.2) is 0 Å². The zero-order valence-corrected chi connectivity index (χ0v) is 13.6. The number of nitrogens with zero attached hydrogens (tertiary/aromatic N) is 1. The van der Waals surface area contributed by atoms with Crippen LogP contribution < -0.4 is 5.32 Å². The highest BCUT2D eigenvalue weighted by atomic mass is 35.5. The van der Waals surface area contributed by atoms with Crippen molar-refractivity contribution in [3.8, 4) is 0 Å². The second-order valence-electron chi connectivity index (χ2n) is 4.63. The van der Waals surface area contributed by atoms with Crippen molar-refractivity contribution in [1.29, 1.82) is 0 Å². The molecule has 0 aliphatic heterocycles. The van der Waals surface area contributed by atoms with Gasteiger partial charge in [-0.2, -0.15) is 0 Å². The molecule has 0 saturated carbocycles. The van der Waals surface area contributed by atoms with Crippen molar-refractivity contribution in [3.05, 3.63) is 41.4 Å². The van der Waals surface area contributed by atoms with Crippen LogP contribution in [0.3, 0.4) is 0 Å². The van der Waals surface area contributed by atoms with E-state index in [0.717, 1.165) is 30.9 Å². The first-order chi connectivity index (χ1) is 9.01. The number of hydrogen-bond acceptors (Lipinski definition) is 2. The molecule has 0 spiro atoms. The van der Waals surface area contributed by atoms with Gasteiger partial charge in [0.1, 0.15) is 0 Å². The summed E-state index contributed by atoms with van der Waals surface area (Å²) >= 11 is 5.87. The monoisotopic (exact) mass is 316 g/mol. The lowest BCUT2D eigenvalue weighted by molar-refractivity contribution is -0.116. The van der Waals surface area contributed by atoms with Gasteiger partial charge in [-0.05, 0) is 31.7 Å². The number of anilines is 1. The second-order valence-corrected chi connectivity index (χ2v) is 5.07. The fourth-order valence-corrected chi connectivity index (χ4v) is 1.97. The normalized spacial score (nSPS) is 10.0. The van der Waals surface area contributed by atoms with E-state index in [0.29, 0.717) is 11.4 Å². The Morgan fingerprint density at radius 1 is 1.45 bits per heavy atom. The molecule has 0 heterocycles. The van der Waals surface area contributed by atoms with Crippen molar-refractivity contribution in [1.82, 2.24) is 4.90 Å². The van der Waals surface area contributed by atoms with Crippen LogP contribution in [-0.2, 0) is 4.79 Å². The molecule has 0 fully saturated rings. The van der Waals surface area contributed by atoms with Gasteiger partial charge >= 0.3 is 0 Å². The number of amides is 1. The van der Waals surface area contributed by atoms with Crippen molar-refractivity contribution >= 4 is 35.6 Å². The van der Waals surface area contributed by atoms with E-state index in [1.165, 1.54) is 0 Å². The molecule has 0 aliphatic rings. The molecule has 5 heteroatoms. The molecule has 0 atom stereocenters. The highest BCUT2D eigenvalue weighted by Gasteiger charge is 2.07. The molecule has 0 radical (unpaired) electrons. The molecule has 0 saturated heterocycles. The summed E-state index contributed by atoms with van der Waals surface area (Å²) in [6.45, 7) is 10.4. The average molecular weight is 317 g/mol. The number of carbonyl (C=O) groups is 1. The molecule has 1 rings (SSSR count). The number of halogens is 2. The van der Waals surface area contributed by atoms with Crippen molar-refractivity contribution in [3.63, 3.8) is 0 Å². The van der Waals surface area contributed by atoms with E-state index in [9.17, 15) is 4.79 Å². The molecule has 112 valence electrons. The Balaban J connectivity index is 0.00000361.